The first kappa shape index (κ1) is 13.3. The van der Waals surface area contributed by atoms with Crippen molar-refractivity contribution in [3.63, 3.8) is 0 Å². The number of nitrogen functional groups attached to an aromatic ring is 1. The van der Waals surface area contributed by atoms with Gasteiger partial charge in [0.2, 0.25) is 0 Å². The van der Waals surface area contributed by atoms with Crippen LogP contribution >= 0.6 is 27.5 Å². The van der Waals surface area contributed by atoms with E-state index in [-0.39, 0.29) is 0 Å². The number of carbonyl (C=O) groups is 1. The summed E-state index contributed by atoms with van der Waals surface area (Å²) < 4.78 is 5.83. The lowest BCUT2D eigenvalue weighted by atomic mass is 10.1. The van der Waals surface area contributed by atoms with Crippen molar-refractivity contribution in [2.45, 2.75) is 26.4 Å². The van der Waals surface area contributed by atoms with E-state index in [0.717, 1.165) is 0 Å². The molecule has 1 rings (SSSR count). The number of hydrogen-bond acceptors (Lipinski definition) is 3. The molecule has 1 aromatic rings. The minimum absolute atomic E-state index is 0.308. The van der Waals surface area contributed by atoms with Crippen LogP contribution in [-0.4, -0.2) is 11.6 Å². The molecule has 0 aromatic heterocycles. The summed E-state index contributed by atoms with van der Waals surface area (Å²) in [5.74, 6) is -0.456. The van der Waals surface area contributed by atoms with E-state index in [4.69, 9.17) is 22.1 Å². The summed E-state index contributed by atoms with van der Waals surface area (Å²) in [6.45, 7) is 5.39. The van der Waals surface area contributed by atoms with E-state index in [0.29, 0.717) is 20.7 Å². The van der Waals surface area contributed by atoms with Gasteiger partial charge in [0.25, 0.3) is 0 Å². The summed E-state index contributed by atoms with van der Waals surface area (Å²) in [6.07, 6.45) is 0. The Morgan fingerprint density at radius 1 is 1.44 bits per heavy atom. The maximum absolute atomic E-state index is 11.8. The van der Waals surface area contributed by atoms with Crippen LogP contribution in [0.3, 0.4) is 0 Å². The molecule has 0 atom stereocenters. The maximum Gasteiger partial charge on any atom is 0.340 e. The molecule has 0 radical (unpaired) electrons. The molecule has 0 fully saturated rings. The molecule has 0 unspecified atom stereocenters. The topological polar surface area (TPSA) is 52.3 Å². The molecule has 0 aliphatic carbocycles. The number of halogens is 2. The van der Waals surface area contributed by atoms with Gasteiger partial charge in [-0.2, -0.15) is 0 Å². The number of benzene rings is 1. The van der Waals surface area contributed by atoms with Crippen molar-refractivity contribution in [2.75, 3.05) is 5.73 Å². The third kappa shape index (κ3) is 3.39. The molecule has 0 saturated heterocycles. The summed E-state index contributed by atoms with van der Waals surface area (Å²) in [4.78, 5) is 11.8. The fourth-order valence-electron chi connectivity index (χ4n) is 1.07. The van der Waals surface area contributed by atoms with Crippen molar-refractivity contribution in [1.29, 1.82) is 0 Å². The minimum atomic E-state index is -0.546. The molecule has 0 saturated carbocycles. The Hall–Kier alpha value is -0.740. The molecule has 0 spiro atoms. The van der Waals surface area contributed by atoms with Crippen LogP contribution in [0.2, 0.25) is 5.02 Å². The predicted molar refractivity (Wildman–Crippen MR) is 68.7 cm³/mol. The van der Waals surface area contributed by atoms with E-state index in [9.17, 15) is 4.79 Å². The molecule has 1 aromatic carbocycles. The number of carbonyl (C=O) groups excluding carboxylic acids is 1. The van der Waals surface area contributed by atoms with E-state index in [1.54, 1.807) is 26.8 Å². The Balaban J connectivity index is 3.05. The second kappa shape index (κ2) is 4.63. The highest BCUT2D eigenvalue weighted by atomic mass is 79.9. The maximum atomic E-state index is 11.8. The van der Waals surface area contributed by atoms with Gasteiger partial charge in [-0.3, -0.25) is 0 Å². The van der Waals surface area contributed by atoms with Crippen LogP contribution in [-0.2, 0) is 4.74 Å². The van der Waals surface area contributed by atoms with Gasteiger partial charge in [-0.1, -0.05) is 11.6 Å². The van der Waals surface area contributed by atoms with E-state index in [1.807, 2.05) is 0 Å². The van der Waals surface area contributed by atoms with Gasteiger partial charge in [-0.25, -0.2) is 4.79 Å². The van der Waals surface area contributed by atoms with Crippen LogP contribution < -0.4 is 5.73 Å². The molecule has 16 heavy (non-hydrogen) atoms. The number of hydrogen-bond donors (Lipinski definition) is 1. The highest BCUT2D eigenvalue weighted by Gasteiger charge is 2.20. The number of ether oxygens (including phenoxy) is 1. The van der Waals surface area contributed by atoms with Crippen molar-refractivity contribution >= 4 is 39.2 Å². The van der Waals surface area contributed by atoms with Crippen molar-refractivity contribution in [3.05, 3.63) is 27.2 Å². The molecular formula is C11H13BrClNO2. The van der Waals surface area contributed by atoms with Gasteiger partial charge in [0, 0.05) is 10.2 Å². The van der Waals surface area contributed by atoms with E-state index in [1.165, 1.54) is 6.07 Å². The number of nitrogens with two attached hydrogens (primary N) is 1. The third-order valence-corrected chi connectivity index (χ3v) is 2.91. The first-order valence-electron chi connectivity index (χ1n) is 4.68. The van der Waals surface area contributed by atoms with Crippen LogP contribution in [0.4, 0.5) is 5.69 Å². The van der Waals surface area contributed by atoms with Crippen LogP contribution in [0.5, 0.6) is 0 Å². The first-order chi connectivity index (χ1) is 7.20. The van der Waals surface area contributed by atoms with Gasteiger partial charge in [0.05, 0.1) is 10.6 Å². The van der Waals surface area contributed by atoms with Crippen molar-refractivity contribution in [2.24, 2.45) is 0 Å². The lowest BCUT2D eigenvalue weighted by molar-refractivity contribution is 0.00708. The molecule has 0 aliphatic rings. The van der Waals surface area contributed by atoms with Crippen molar-refractivity contribution in [1.82, 2.24) is 0 Å². The monoisotopic (exact) mass is 305 g/mol. The highest BCUT2D eigenvalue weighted by molar-refractivity contribution is 9.10. The fourth-order valence-corrected chi connectivity index (χ4v) is 1.59. The van der Waals surface area contributed by atoms with Crippen LogP contribution in [0.1, 0.15) is 31.1 Å². The Morgan fingerprint density at radius 3 is 2.50 bits per heavy atom. The summed E-state index contributed by atoms with van der Waals surface area (Å²) in [5, 5.41) is 0.463. The summed E-state index contributed by atoms with van der Waals surface area (Å²) in [6, 6.07) is 3.08. The molecule has 0 amide bonds. The van der Waals surface area contributed by atoms with Crippen molar-refractivity contribution < 1.29 is 9.53 Å². The van der Waals surface area contributed by atoms with Gasteiger partial charge in [-0.05, 0) is 48.8 Å². The second-order valence-corrected chi connectivity index (χ2v) is 5.62. The largest absolute Gasteiger partial charge is 0.456 e. The average molecular weight is 307 g/mol. The Bertz CT molecular complexity index is 427. The smallest absolute Gasteiger partial charge is 0.340 e. The molecule has 0 bridgehead atoms. The minimum Gasteiger partial charge on any atom is -0.456 e. The SMILES string of the molecule is CC(C)(C)OC(=O)c1cc(Br)c(Cl)cc1N. The van der Waals surface area contributed by atoms with Crippen LogP contribution in [0.15, 0.2) is 16.6 Å². The lowest BCUT2D eigenvalue weighted by Gasteiger charge is -2.20. The second-order valence-electron chi connectivity index (χ2n) is 4.36. The molecule has 0 aliphatic heterocycles. The number of rotatable bonds is 1. The third-order valence-electron chi connectivity index (χ3n) is 1.71. The standard InChI is InChI=1S/C11H13BrClNO2/c1-11(2,3)16-10(15)6-4-7(12)8(13)5-9(6)14/h4-5H,14H2,1-3H3. The zero-order valence-electron chi connectivity index (χ0n) is 9.30. The fraction of sp³-hybridized carbons (Fsp3) is 0.364. The summed E-state index contributed by atoms with van der Waals surface area (Å²) >= 11 is 9.08. The van der Waals surface area contributed by atoms with Crippen LogP contribution in [0, 0.1) is 0 Å². The average Bonchev–Trinajstić information content (AvgIpc) is 2.08. The molecular weight excluding hydrogens is 293 g/mol. The molecule has 0 heterocycles. The summed E-state index contributed by atoms with van der Waals surface area (Å²) in [7, 11) is 0. The number of esters is 1. The molecule has 5 heteroatoms. The van der Waals surface area contributed by atoms with E-state index in [2.05, 4.69) is 15.9 Å². The van der Waals surface area contributed by atoms with Gasteiger partial charge in [0.1, 0.15) is 5.60 Å². The van der Waals surface area contributed by atoms with Gasteiger partial charge < -0.3 is 10.5 Å². The lowest BCUT2D eigenvalue weighted by Crippen LogP contribution is -2.24. The molecule has 2 N–H and O–H groups in total. The number of anilines is 1. The first-order valence-corrected chi connectivity index (χ1v) is 5.85. The quantitative estimate of drug-likeness (QED) is 0.636. The van der Waals surface area contributed by atoms with E-state index >= 15 is 0 Å². The summed E-state index contributed by atoms with van der Waals surface area (Å²) in [5.41, 5.74) is 5.78. The zero-order chi connectivity index (χ0) is 12.5. The van der Waals surface area contributed by atoms with Crippen LogP contribution in [0.25, 0.3) is 0 Å². The normalized spacial score (nSPS) is 11.3. The Kier molecular flexibility index (Phi) is 3.86. The van der Waals surface area contributed by atoms with Gasteiger partial charge in [-0.15, -0.1) is 0 Å². The van der Waals surface area contributed by atoms with Gasteiger partial charge in [0.15, 0.2) is 0 Å². The highest BCUT2D eigenvalue weighted by Crippen LogP contribution is 2.28. The Morgan fingerprint density at radius 2 is 2.00 bits per heavy atom. The zero-order valence-corrected chi connectivity index (χ0v) is 11.6. The Labute approximate surface area is 108 Å². The molecule has 3 nitrogen and oxygen atoms in total. The van der Waals surface area contributed by atoms with Gasteiger partial charge >= 0.3 is 5.97 Å². The van der Waals surface area contributed by atoms with Crippen molar-refractivity contribution in [3.8, 4) is 0 Å². The molecule has 88 valence electrons. The predicted octanol–water partition coefficient (Wildman–Crippen LogP) is 3.64. The van der Waals surface area contributed by atoms with E-state index < -0.39 is 11.6 Å².